The van der Waals surface area contributed by atoms with E-state index in [4.69, 9.17) is 4.74 Å². The van der Waals surface area contributed by atoms with Crippen LogP contribution in [0.5, 0.6) is 0 Å². The number of carbonyl (C=O) groups is 4. The third-order valence-corrected chi connectivity index (χ3v) is 6.41. The fourth-order valence-electron chi connectivity index (χ4n) is 4.22. The van der Waals surface area contributed by atoms with Crippen LogP contribution >= 0.6 is 0 Å². The molecule has 2 amide bonds. The van der Waals surface area contributed by atoms with E-state index in [0.717, 1.165) is 11.1 Å². The number of ketones is 1. The van der Waals surface area contributed by atoms with Crippen LogP contribution in [0.3, 0.4) is 0 Å². The lowest BCUT2D eigenvalue weighted by molar-refractivity contribution is -0.142. The van der Waals surface area contributed by atoms with Gasteiger partial charge in [0, 0.05) is 24.0 Å². The predicted molar refractivity (Wildman–Crippen MR) is 153 cm³/mol. The molecule has 0 bridgehead atoms. The molecule has 0 fully saturated rings. The molecule has 0 aliphatic rings. The van der Waals surface area contributed by atoms with E-state index in [1.807, 2.05) is 66.7 Å². The minimum absolute atomic E-state index is 0.0165. The first-order chi connectivity index (χ1) is 19.9. The Morgan fingerprint density at radius 3 is 1.66 bits per heavy atom. The van der Waals surface area contributed by atoms with Crippen molar-refractivity contribution < 1.29 is 29.0 Å². The summed E-state index contributed by atoms with van der Waals surface area (Å²) in [5.41, 5.74) is 3.21. The molecule has 208 valence electrons. The van der Waals surface area contributed by atoms with Gasteiger partial charge in [0.1, 0.15) is 18.7 Å². The van der Waals surface area contributed by atoms with Crippen LogP contribution in [0.15, 0.2) is 115 Å². The molecule has 0 spiro atoms. The molecule has 0 saturated carbocycles. The fourth-order valence-corrected chi connectivity index (χ4v) is 4.22. The van der Waals surface area contributed by atoms with Gasteiger partial charge in [-0.25, -0.2) is 9.59 Å². The van der Waals surface area contributed by atoms with Crippen LogP contribution in [0.4, 0.5) is 4.79 Å². The second kappa shape index (κ2) is 14.2. The lowest BCUT2D eigenvalue weighted by Crippen LogP contribution is -2.53. The van der Waals surface area contributed by atoms with Crippen molar-refractivity contribution in [1.82, 2.24) is 10.6 Å². The second-order valence-corrected chi connectivity index (χ2v) is 9.44. The molecule has 0 radical (unpaired) electrons. The van der Waals surface area contributed by atoms with Gasteiger partial charge in [-0.15, -0.1) is 0 Å². The third-order valence-electron chi connectivity index (χ3n) is 6.41. The topological polar surface area (TPSA) is 122 Å². The fraction of sp³-hybridized carbons (Fsp3) is 0.152. The highest BCUT2D eigenvalue weighted by Gasteiger charge is 2.27. The number of carboxylic acids is 1. The van der Waals surface area contributed by atoms with Gasteiger partial charge in [-0.05, 0) is 16.7 Å². The first kappa shape index (κ1) is 28.8. The highest BCUT2D eigenvalue weighted by atomic mass is 16.5. The van der Waals surface area contributed by atoms with E-state index in [2.05, 4.69) is 10.6 Å². The summed E-state index contributed by atoms with van der Waals surface area (Å²) >= 11 is 0. The molecular weight excluding hydrogens is 520 g/mol. The average Bonchev–Trinajstić information content (AvgIpc) is 3.00. The van der Waals surface area contributed by atoms with E-state index in [1.165, 1.54) is 0 Å². The molecule has 0 aliphatic carbocycles. The number of carbonyl (C=O) groups excluding carboxylic acids is 3. The summed E-state index contributed by atoms with van der Waals surface area (Å²) in [5, 5.41) is 15.0. The molecule has 8 heteroatoms. The van der Waals surface area contributed by atoms with Crippen molar-refractivity contribution in [1.29, 1.82) is 0 Å². The highest BCUT2D eigenvalue weighted by Crippen LogP contribution is 2.13. The Hall–Kier alpha value is -5.24. The van der Waals surface area contributed by atoms with Gasteiger partial charge in [-0.1, -0.05) is 115 Å². The number of alkyl carbamates (subject to hydrolysis) is 1. The molecule has 4 aromatic rings. The van der Waals surface area contributed by atoms with E-state index in [1.54, 1.807) is 48.5 Å². The predicted octanol–water partition coefficient (Wildman–Crippen LogP) is 4.57. The largest absolute Gasteiger partial charge is 0.480 e. The number of ether oxygens (including phenoxy) is 1. The maximum atomic E-state index is 13.3. The minimum atomic E-state index is -1.27. The molecule has 4 rings (SSSR count). The SMILES string of the molecule is O=C(N[C@H](Cc1ccccc1)C(=O)N[C@H](Cc1ccc(C(=O)c2ccccc2)cc1)C(=O)O)OCc1ccccc1. The average molecular weight is 551 g/mol. The summed E-state index contributed by atoms with van der Waals surface area (Å²) in [5.74, 6) is -2.03. The van der Waals surface area contributed by atoms with E-state index in [9.17, 15) is 24.3 Å². The van der Waals surface area contributed by atoms with Gasteiger partial charge >= 0.3 is 12.1 Å². The normalized spacial score (nSPS) is 12.0. The van der Waals surface area contributed by atoms with Gasteiger partial charge in [-0.2, -0.15) is 0 Å². The van der Waals surface area contributed by atoms with Crippen molar-refractivity contribution in [2.75, 3.05) is 0 Å². The molecular formula is C33H30N2O6. The first-order valence-electron chi connectivity index (χ1n) is 13.1. The Morgan fingerprint density at radius 2 is 1.07 bits per heavy atom. The van der Waals surface area contributed by atoms with Gasteiger partial charge < -0.3 is 20.5 Å². The van der Waals surface area contributed by atoms with Crippen LogP contribution < -0.4 is 10.6 Å². The van der Waals surface area contributed by atoms with Crippen molar-refractivity contribution in [2.24, 2.45) is 0 Å². The van der Waals surface area contributed by atoms with Gasteiger partial charge in [0.25, 0.3) is 0 Å². The standard InChI is InChI=1S/C33H30N2O6/c36-30(26-14-8-3-9-15-26)27-18-16-24(17-19-27)21-29(32(38)39)34-31(37)28(20-23-10-4-1-5-11-23)35-33(40)41-22-25-12-6-2-7-13-25/h1-19,28-29H,20-22H2,(H,34,37)(H,35,40)(H,38,39)/t28-,29-/m1/s1. The monoisotopic (exact) mass is 550 g/mol. The van der Waals surface area contributed by atoms with Gasteiger partial charge in [0.2, 0.25) is 5.91 Å². The zero-order valence-corrected chi connectivity index (χ0v) is 22.2. The lowest BCUT2D eigenvalue weighted by atomic mass is 9.99. The molecule has 0 aliphatic heterocycles. The van der Waals surface area contributed by atoms with E-state index in [0.29, 0.717) is 16.7 Å². The van der Waals surface area contributed by atoms with Crippen LogP contribution in [0.1, 0.15) is 32.6 Å². The molecule has 4 aromatic carbocycles. The number of hydrogen-bond acceptors (Lipinski definition) is 5. The van der Waals surface area contributed by atoms with Crippen molar-refractivity contribution in [3.05, 3.63) is 143 Å². The maximum Gasteiger partial charge on any atom is 0.408 e. The van der Waals surface area contributed by atoms with Crippen LogP contribution in [-0.2, 0) is 33.8 Å². The summed E-state index contributed by atoms with van der Waals surface area (Å²) in [6.45, 7) is 0.0207. The number of hydrogen-bond donors (Lipinski definition) is 3. The second-order valence-electron chi connectivity index (χ2n) is 9.44. The molecule has 41 heavy (non-hydrogen) atoms. The van der Waals surface area contributed by atoms with Crippen LogP contribution in [0.2, 0.25) is 0 Å². The molecule has 0 heterocycles. The van der Waals surface area contributed by atoms with E-state index in [-0.39, 0.29) is 25.2 Å². The van der Waals surface area contributed by atoms with Gasteiger partial charge in [0.15, 0.2) is 5.78 Å². The zero-order chi connectivity index (χ0) is 29.0. The number of aliphatic carboxylic acids is 1. The Bertz CT molecular complexity index is 1460. The lowest BCUT2D eigenvalue weighted by Gasteiger charge is -2.22. The molecule has 3 N–H and O–H groups in total. The number of benzene rings is 4. The molecule has 0 aromatic heterocycles. The number of amides is 2. The van der Waals surface area contributed by atoms with Crippen molar-refractivity contribution in [2.45, 2.75) is 31.5 Å². The summed E-state index contributed by atoms with van der Waals surface area (Å²) in [6.07, 6.45) is -0.678. The van der Waals surface area contributed by atoms with Gasteiger partial charge in [0.05, 0.1) is 0 Å². The number of rotatable bonds is 12. The number of carboxylic acid groups (broad SMARTS) is 1. The molecule has 2 atom stereocenters. The molecule has 0 unspecified atom stereocenters. The summed E-state index contributed by atoms with van der Waals surface area (Å²) in [6, 6.07) is 31.3. The van der Waals surface area contributed by atoms with Crippen LogP contribution in [0.25, 0.3) is 0 Å². The van der Waals surface area contributed by atoms with Crippen molar-refractivity contribution in [3.8, 4) is 0 Å². The minimum Gasteiger partial charge on any atom is -0.480 e. The first-order valence-corrected chi connectivity index (χ1v) is 13.1. The highest BCUT2D eigenvalue weighted by molar-refractivity contribution is 6.08. The Kier molecular flexibility index (Phi) is 9.98. The zero-order valence-electron chi connectivity index (χ0n) is 22.2. The van der Waals surface area contributed by atoms with Crippen molar-refractivity contribution >= 4 is 23.8 Å². The van der Waals surface area contributed by atoms with Crippen molar-refractivity contribution in [3.63, 3.8) is 0 Å². The number of nitrogens with one attached hydrogen (secondary N) is 2. The van der Waals surface area contributed by atoms with Gasteiger partial charge in [-0.3, -0.25) is 9.59 Å². The third kappa shape index (κ3) is 8.63. The smallest absolute Gasteiger partial charge is 0.408 e. The summed E-state index contributed by atoms with van der Waals surface area (Å²) in [4.78, 5) is 50.6. The summed E-state index contributed by atoms with van der Waals surface area (Å²) in [7, 11) is 0. The quantitative estimate of drug-likeness (QED) is 0.222. The summed E-state index contributed by atoms with van der Waals surface area (Å²) < 4.78 is 5.28. The Balaban J connectivity index is 1.42. The van der Waals surface area contributed by atoms with Crippen LogP contribution in [0, 0.1) is 0 Å². The van der Waals surface area contributed by atoms with E-state index < -0.39 is 30.1 Å². The Labute approximate surface area is 238 Å². The van der Waals surface area contributed by atoms with Crippen LogP contribution in [-0.4, -0.2) is 40.9 Å². The maximum absolute atomic E-state index is 13.3. The molecule has 0 saturated heterocycles. The van der Waals surface area contributed by atoms with E-state index >= 15 is 0 Å². The Morgan fingerprint density at radius 1 is 0.585 bits per heavy atom. The molecule has 8 nitrogen and oxygen atoms in total.